The van der Waals surface area contributed by atoms with E-state index in [1.54, 1.807) is 34.7 Å². The molecule has 1 unspecified atom stereocenters. The summed E-state index contributed by atoms with van der Waals surface area (Å²) in [4.78, 5) is 27.5. The first kappa shape index (κ1) is 18.0. The molecule has 0 aromatic carbocycles. The third kappa shape index (κ3) is 7.50. The summed E-state index contributed by atoms with van der Waals surface area (Å²) >= 11 is 0. The Hall–Kier alpha value is -1.05. The number of pyridine rings is 1. The van der Waals surface area contributed by atoms with Crippen LogP contribution in [0.3, 0.4) is 0 Å². The highest BCUT2D eigenvalue weighted by atomic mass is 33.1. The van der Waals surface area contributed by atoms with Crippen LogP contribution in [0, 0.1) is 5.92 Å². The van der Waals surface area contributed by atoms with Crippen molar-refractivity contribution in [2.24, 2.45) is 5.92 Å². The Morgan fingerprint density at radius 2 is 2.05 bits per heavy atom. The van der Waals surface area contributed by atoms with Crippen molar-refractivity contribution in [2.45, 2.75) is 38.3 Å². The Balaban J connectivity index is 2.13. The van der Waals surface area contributed by atoms with Crippen molar-refractivity contribution in [1.29, 1.82) is 0 Å². The predicted molar refractivity (Wildman–Crippen MR) is 87.8 cm³/mol. The maximum absolute atomic E-state index is 11.6. The molecule has 1 rings (SSSR count). The zero-order valence-electron chi connectivity index (χ0n) is 12.5. The van der Waals surface area contributed by atoms with Gasteiger partial charge in [-0.15, -0.1) is 0 Å². The topological polar surface area (TPSA) is 71.1 Å². The monoisotopic (exact) mass is 327 g/mol. The van der Waals surface area contributed by atoms with E-state index in [2.05, 4.69) is 15.8 Å². The first-order valence-corrected chi connectivity index (χ1v) is 9.11. The van der Waals surface area contributed by atoms with Gasteiger partial charge in [0.2, 0.25) is 5.91 Å². The average molecular weight is 327 g/mol. The van der Waals surface area contributed by atoms with Crippen molar-refractivity contribution < 1.29 is 9.59 Å². The number of carbonyl (C=O) groups excluding carboxylic acids is 2. The summed E-state index contributed by atoms with van der Waals surface area (Å²) in [5.74, 6) is 0.596. The van der Waals surface area contributed by atoms with Crippen molar-refractivity contribution in [2.75, 3.05) is 5.75 Å². The molecule has 1 amide bonds. The number of nitrogens with one attached hydrogen (secondary N) is 2. The number of ketones is 1. The van der Waals surface area contributed by atoms with Crippen LogP contribution in [0.1, 0.15) is 27.2 Å². The van der Waals surface area contributed by atoms with Gasteiger partial charge in [0.1, 0.15) is 5.03 Å². The van der Waals surface area contributed by atoms with Crippen LogP contribution in [-0.4, -0.2) is 28.5 Å². The van der Waals surface area contributed by atoms with Crippen LogP contribution in [0.4, 0.5) is 0 Å². The highest BCUT2D eigenvalue weighted by Crippen LogP contribution is 2.29. The molecule has 1 heterocycles. The van der Waals surface area contributed by atoms with Gasteiger partial charge < -0.3 is 0 Å². The van der Waals surface area contributed by atoms with Gasteiger partial charge in [0.25, 0.3) is 0 Å². The molecule has 1 aromatic heterocycles. The van der Waals surface area contributed by atoms with Crippen LogP contribution >= 0.6 is 21.6 Å². The van der Waals surface area contributed by atoms with E-state index in [-0.39, 0.29) is 23.7 Å². The third-order valence-corrected chi connectivity index (χ3v) is 4.89. The van der Waals surface area contributed by atoms with E-state index in [4.69, 9.17) is 0 Å². The lowest BCUT2D eigenvalue weighted by Gasteiger charge is -2.15. The molecule has 0 saturated heterocycles. The number of amides is 1. The molecule has 0 radical (unpaired) electrons. The minimum Gasteiger partial charge on any atom is -0.298 e. The Morgan fingerprint density at radius 1 is 1.29 bits per heavy atom. The van der Waals surface area contributed by atoms with Crippen molar-refractivity contribution in [1.82, 2.24) is 15.8 Å². The summed E-state index contributed by atoms with van der Waals surface area (Å²) in [6, 6.07) is 5.36. The summed E-state index contributed by atoms with van der Waals surface area (Å²) < 4.78 is 0. The Bertz CT molecular complexity index is 455. The van der Waals surface area contributed by atoms with Gasteiger partial charge in [-0.2, -0.15) is 0 Å². The Kier molecular flexibility index (Phi) is 8.41. The smallest absolute Gasteiger partial charge is 0.234 e. The Morgan fingerprint density at radius 3 is 2.67 bits per heavy atom. The lowest BCUT2D eigenvalue weighted by atomic mass is 10.0. The van der Waals surface area contributed by atoms with Crippen LogP contribution < -0.4 is 10.9 Å². The average Bonchev–Trinajstić information content (AvgIpc) is 2.49. The largest absolute Gasteiger partial charge is 0.298 e. The number of hydrogen-bond acceptors (Lipinski definition) is 6. The van der Waals surface area contributed by atoms with E-state index >= 15 is 0 Å². The number of nitrogens with zero attached hydrogens (tertiary/aromatic N) is 1. The highest BCUT2D eigenvalue weighted by Gasteiger charge is 2.16. The molecule has 21 heavy (non-hydrogen) atoms. The van der Waals surface area contributed by atoms with Crippen LogP contribution in [0.25, 0.3) is 0 Å². The van der Waals surface area contributed by atoms with Gasteiger partial charge in [-0.1, -0.05) is 30.7 Å². The zero-order chi connectivity index (χ0) is 15.7. The van der Waals surface area contributed by atoms with Gasteiger partial charge in [0, 0.05) is 24.3 Å². The standard InChI is InChI=1S/C14H21N3O2S2/c1-10(2)14(19)11(3)16-17-12(18)7-9-20-21-13-6-4-5-8-15-13/h4-6,8,10-11,16H,7,9H2,1-3H3,(H,17,18). The molecule has 0 aliphatic carbocycles. The van der Waals surface area contributed by atoms with Crippen molar-refractivity contribution in [3.05, 3.63) is 24.4 Å². The van der Waals surface area contributed by atoms with Gasteiger partial charge in [0.05, 0.1) is 6.04 Å². The van der Waals surface area contributed by atoms with Crippen molar-refractivity contribution in [3.63, 3.8) is 0 Å². The summed E-state index contributed by atoms with van der Waals surface area (Å²) in [7, 11) is 3.13. The highest BCUT2D eigenvalue weighted by molar-refractivity contribution is 8.76. The van der Waals surface area contributed by atoms with Crippen molar-refractivity contribution >= 4 is 33.3 Å². The SMILES string of the molecule is CC(C)C(=O)C(C)NNC(=O)CCSSc1ccccn1. The maximum Gasteiger partial charge on any atom is 0.234 e. The summed E-state index contributed by atoms with van der Waals surface area (Å²) in [6.07, 6.45) is 2.13. The summed E-state index contributed by atoms with van der Waals surface area (Å²) in [6.45, 7) is 5.43. The van der Waals surface area contributed by atoms with Crippen molar-refractivity contribution in [3.8, 4) is 0 Å². The number of Topliss-reactive ketones (excluding diaryl/α,β-unsaturated/α-hetero) is 1. The molecule has 1 atom stereocenters. The van der Waals surface area contributed by atoms with E-state index in [9.17, 15) is 9.59 Å². The second-order valence-corrected chi connectivity index (χ2v) is 7.23. The second kappa shape index (κ2) is 9.81. The quantitative estimate of drug-likeness (QED) is 0.412. The minimum atomic E-state index is -0.371. The lowest BCUT2D eigenvalue weighted by molar-refractivity contribution is -0.125. The fourth-order valence-electron chi connectivity index (χ4n) is 1.46. The second-order valence-electron chi connectivity index (χ2n) is 4.79. The van der Waals surface area contributed by atoms with Gasteiger partial charge in [0.15, 0.2) is 5.78 Å². The molecule has 0 aliphatic heterocycles. The van der Waals surface area contributed by atoms with Crippen LogP contribution in [0.2, 0.25) is 0 Å². The molecular formula is C14H21N3O2S2. The lowest BCUT2D eigenvalue weighted by Crippen LogP contribution is -2.47. The molecule has 116 valence electrons. The summed E-state index contributed by atoms with van der Waals surface area (Å²) in [5.41, 5.74) is 5.31. The van der Waals surface area contributed by atoms with E-state index < -0.39 is 0 Å². The number of carbonyl (C=O) groups is 2. The van der Waals surface area contributed by atoms with E-state index in [1.165, 1.54) is 0 Å². The van der Waals surface area contributed by atoms with Crippen LogP contribution in [-0.2, 0) is 9.59 Å². The molecule has 1 aromatic rings. The number of hydrazine groups is 1. The summed E-state index contributed by atoms with van der Waals surface area (Å²) in [5, 5.41) is 0.928. The molecule has 7 heteroatoms. The molecule has 0 bridgehead atoms. The third-order valence-electron chi connectivity index (χ3n) is 2.62. The molecular weight excluding hydrogens is 306 g/mol. The first-order chi connectivity index (χ1) is 10.0. The molecule has 0 spiro atoms. The van der Waals surface area contributed by atoms with Gasteiger partial charge in [-0.3, -0.25) is 15.0 Å². The molecule has 0 aliphatic rings. The first-order valence-electron chi connectivity index (χ1n) is 6.79. The minimum absolute atomic E-state index is 0.0465. The van der Waals surface area contributed by atoms with Crippen LogP contribution in [0.5, 0.6) is 0 Å². The van der Waals surface area contributed by atoms with Gasteiger partial charge >= 0.3 is 0 Å². The fourth-order valence-corrected chi connectivity index (χ4v) is 3.32. The van der Waals surface area contributed by atoms with E-state index in [0.29, 0.717) is 12.2 Å². The van der Waals surface area contributed by atoms with Crippen LogP contribution in [0.15, 0.2) is 29.4 Å². The predicted octanol–water partition coefficient (Wildman–Crippen LogP) is 2.45. The fraction of sp³-hybridized carbons (Fsp3) is 0.500. The van der Waals surface area contributed by atoms with Gasteiger partial charge in [-0.25, -0.2) is 10.4 Å². The van der Waals surface area contributed by atoms with E-state index in [1.807, 2.05) is 32.0 Å². The number of aromatic nitrogens is 1. The Labute approximate surface area is 133 Å². The number of rotatable bonds is 9. The van der Waals surface area contributed by atoms with E-state index in [0.717, 1.165) is 5.03 Å². The maximum atomic E-state index is 11.6. The molecule has 0 fully saturated rings. The molecule has 2 N–H and O–H groups in total. The number of hydrogen-bond donors (Lipinski definition) is 2. The zero-order valence-corrected chi connectivity index (χ0v) is 14.1. The molecule has 5 nitrogen and oxygen atoms in total. The molecule has 0 saturated carbocycles. The normalized spacial score (nSPS) is 12.2. The van der Waals surface area contributed by atoms with Gasteiger partial charge in [-0.05, 0) is 29.9 Å².